The Balaban J connectivity index is 1.55. The lowest BCUT2D eigenvalue weighted by atomic mass is 10.0. The number of carbonyl (C=O) groups excluding carboxylic acids is 2. The molecule has 2 N–H and O–H groups in total. The Morgan fingerprint density at radius 3 is 2.34 bits per heavy atom. The smallest absolute Gasteiger partial charge is 0.222 e. The van der Waals surface area contributed by atoms with Crippen molar-refractivity contribution in [2.24, 2.45) is 0 Å². The summed E-state index contributed by atoms with van der Waals surface area (Å²) in [5.41, 5.74) is 3.25. The third-order valence-electron chi connectivity index (χ3n) is 5.87. The molecule has 1 unspecified atom stereocenters. The number of hydrogen-bond donors (Lipinski definition) is 2. The number of benzene rings is 2. The Kier molecular flexibility index (Phi) is 9.11. The van der Waals surface area contributed by atoms with Crippen LogP contribution in [0.4, 0.5) is 0 Å². The van der Waals surface area contributed by atoms with Crippen molar-refractivity contribution in [1.82, 2.24) is 15.5 Å². The highest BCUT2D eigenvalue weighted by Gasteiger charge is 2.17. The molecule has 6 nitrogen and oxygen atoms in total. The summed E-state index contributed by atoms with van der Waals surface area (Å²) >= 11 is 0. The molecular formula is C26H35N3O3. The van der Waals surface area contributed by atoms with Crippen molar-refractivity contribution >= 4 is 11.8 Å². The molecule has 0 bridgehead atoms. The molecule has 0 aromatic heterocycles. The van der Waals surface area contributed by atoms with Crippen LogP contribution in [0.3, 0.4) is 0 Å². The molecule has 6 heteroatoms. The minimum atomic E-state index is -0.382. The van der Waals surface area contributed by atoms with Gasteiger partial charge >= 0.3 is 0 Å². The summed E-state index contributed by atoms with van der Waals surface area (Å²) < 4.78 is 5.19. The second-order valence-corrected chi connectivity index (χ2v) is 8.52. The van der Waals surface area contributed by atoms with Crippen molar-refractivity contribution in [3.8, 4) is 5.75 Å². The lowest BCUT2D eigenvalue weighted by Crippen LogP contribution is -2.32. The van der Waals surface area contributed by atoms with Gasteiger partial charge in [0, 0.05) is 20.0 Å². The first kappa shape index (κ1) is 23.8. The Hall–Kier alpha value is -2.86. The summed E-state index contributed by atoms with van der Waals surface area (Å²) in [6.45, 7) is 5.23. The number of hydrogen-bond acceptors (Lipinski definition) is 4. The molecule has 3 rings (SSSR count). The van der Waals surface area contributed by atoms with Crippen LogP contribution in [-0.4, -0.2) is 36.9 Å². The molecule has 1 aliphatic rings. The van der Waals surface area contributed by atoms with Crippen molar-refractivity contribution in [3.63, 3.8) is 0 Å². The monoisotopic (exact) mass is 437 g/mol. The van der Waals surface area contributed by atoms with Gasteiger partial charge in [-0.25, -0.2) is 0 Å². The lowest BCUT2D eigenvalue weighted by Gasteiger charge is -2.20. The fourth-order valence-corrected chi connectivity index (χ4v) is 4.18. The van der Waals surface area contributed by atoms with E-state index in [0.29, 0.717) is 6.54 Å². The summed E-state index contributed by atoms with van der Waals surface area (Å²) in [6.07, 6.45) is 5.40. The van der Waals surface area contributed by atoms with Gasteiger partial charge in [-0.3, -0.25) is 14.5 Å². The first-order valence-electron chi connectivity index (χ1n) is 11.5. The van der Waals surface area contributed by atoms with E-state index in [1.54, 1.807) is 7.11 Å². The number of amides is 2. The van der Waals surface area contributed by atoms with Crippen molar-refractivity contribution in [2.75, 3.05) is 20.2 Å². The molecule has 1 saturated heterocycles. The van der Waals surface area contributed by atoms with E-state index < -0.39 is 0 Å². The summed E-state index contributed by atoms with van der Waals surface area (Å²) in [5.74, 6) is 0.470. The van der Waals surface area contributed by atoms with Crippen LogP contribution in [0.1, 0.15) is 61.8 Å². The summed E-state index contributed by atoms with van der Waals surface area (Å²) in [7, 11) is 1.61. The van der Waals surface area contributed by atoms with Crippen molar-refractivity contribution in [3.05, 3.63) is 65.2 Å². The van der Waals surface area contributed by atoms with Crippen molar-refractivity contribution in [2.45, 2.75) is 58.2 Å². The largest absolute Gasteiger partial charge is 0.497 e. The molecule has 2 amide bonds. The van der Waals surface area contributed by atoms with Gasteiger partial charge in [0.15, 0.2) is 0 Å². The zero-order valence-corrected chi connectivity index (χ0v) is 19.2. The van der Waals surface area contributed by atoms with E-state index >= 15 is 0 Å². The highest BCUT2D eigenvalue weighted by Crippen LogP contribution is 2.21. The number of rotatable bonds is 9. The average molecular weight is 438 g/mol. The molecule has 0 spiro atoms. The van der Waals surface area contributed by atoms with Crippen LogP contribution in [0.15, 0.2) is 48.5 Å². The van der Waals surface area contributed by atoms with Crippen LogP contribution in [-0.2, 0) is 22.7 Å². The number of carbonyl (C=O) groups is 2. The van der Waals surface area contributed by atoms with E-state index in [2.05, 4.69) is 33.7 Å². The van der Waals surface area contributed by atoms with Gasteiger partial charge in [0.05, 0.1) is 19.6 Å². The summed E-state index contributed by atoms with van der Waals surface area (Å²) in [6, 6.07) is 15.5. The van der Waals surface area contributed by atoms with Crippen LogP contribution < -0.4 is 15.4 Å². The van der Waals surface area contributed by atoms with Crippen LogP contribution in [0.5, 0.6) is 5.75 Å². The summed E-state index contributed by atoms with van der Waals surface area (Å²) in [4.78, 5) is 26.8. The van der Waals surface area contributed by atoms with E-state index in [-0.39, 0.29) is 24.3 Å². The van der Waals surface area contributed by atoms with Gasteiger partial charge in [-0.15, -0.1) is 0 Å². The van der Waals surface area contributed by atoms with Crippen LogP contribution >= 0.6 is 0 Å². The highest BCUT2D eigenvalue weighted by molar-refractivity contribution is 5.79. The molecule has 0 aliphatic carbocycles. The van der Waals surface area contributed by atoms with Crippen LogP contribution in [0.25, 0.3) is 0 Å². The van der Waals surface area contributed by atoms with Gasteiger partial charge in [0.25, 0.3) is 0 Å². The average Bonchev–Trinajstić information content (AvgIpc) is 3.06. The SMILES string of the molecule is COc1ccc(C(CC(=O)NCc2cccc(CN3CCCCCC3)c2)NC(C)=O)cc1. The maximum Gasteiger partial charge on any atom is 0.222 e. The molecule has 1 fully saturated rings. The fourth-order valence-electron chi connectivity index (χ4n) is 4.18. The van der Waals surface area contributed by atoms with Gasteiger partial charge in [-0.05, 0) is 54.8 Å². The maximum absolute atomic E-state index is 12.6. The minimum absolute atomic E-state index is 0.0995. The number of methoxy groups -OCH3 is 1. The molecule has 0 saturated carbocycles. The molecule has 0 radical (unpaired) electrons. The lowest BCUT2D eigenvalue weighted by molar-refractivity contribution is -0.122. The molecule has 1 atom stereocenters. The number of nitrogens with one attached hydrogen (secondary N) is 2. The predicted octanol–water partition coefficient (Wildman–Crippen LogP) is 3.95. The molecular weight excluding hydrogens is 402 g/mol. The third-order valence-corrected chi connectivity index (χ3v) is 5.87. The number of ether oxygens (including phenoxy) is 1. The maximum atomic E-state index is 12.6. The topological polar surface area (TPSA) is 70.7 Å². The van der Waals surface area contributed by atoms with Gasteiger partial charge in [0.1, 0.15) is 5.75 Å². The zero-order chi connectivity index (χ0) is 22.8. The van der Waals surface area contributed by atoms with E-state index in [1.165, 1.54) is 38.2 Å². The molecule has 172 valence electrons. The number of likely N-dealkylation sites (tertiary alicyclic amines) is 1. The molecule has 32 heavy (non-hydrogen) atoms. The van der Waals surface area contributed by atoms with E-state index in [1.807, 2.05) is 30.3 Å². The fraction of sp³-hybridized carbons (Fsp3) is 0.462. The number of nitrogens with zero attached hydrogens (tertiary/aromatic N) is 1. The third kappa shape index (κ3) is 7.68. The van der Waals surface area contributed by atoms with Crippen molar-refractivity contribution in [1.29, 1.82) is 0 Å². The quantitative estimate of drug-likeness (QED) is 0.623. The Labute approximate surface area is 191 Å². The Bertz CT molecular complexity index is 874. The van der Waals surface area contributed by atoms with Gasteiger partial charge < -0.3 is 15.4 Å². The normalized spacial score (nSPS) is 15.4. The molecule has 2 aromatic rings. The zero-order valence-electron chi connectivity index (χ0n) is 19.2. The molecule has 1 heterocycles. The standard InChI is InChI=1S/C26H35N3O3/c1-20(30)28-25(23-10-12-24(32-2)13-11-23)17-26(31)27-18-21-8-7-9-22(16-21)19-29-14-5-3-4-6-15-29/h7-13,16,25H,3-6,14-15,17-19H2,1-2H3,(H,27,31)(H,28,30). The van der Waals surface area contributed by atoms with Gasteiger partial charge in [-0.1, -0.05) is 49.2 Å². The molecule has 1 aliphatic heterocycles. The van der Waals surface area contributed by atoms with Gasteiger partial charge in [0.2, 0.25) is 11.8 Å². The first-order chi connectivity index (χ1) is 15.5. The summed E-state index contributed by atoms with van der Waals surface area (Å²) in [5, 5.41) is 5.88. The Morgan fingerprint density at radius 1 is 1.00 bits per heavy atom. The van der Waals surface area contributed by atoms with E-state index in [4.69, 9.17) is 4.74 Å². The Morgan fingerprint density at radius 2 is 1.69 bits per heavy atom. The van der Waals surface area contributed by atoms with Crippen molar-refractivity contribution < 1.29 is 14.3 Å². The highest BCUT2D eigenvalue weighted by atomic mass is 16.5. The van der Waals surface area contributed by atoms with Crippen LogP contribution in [0.2, 0.25) is 0 Å². The van der Waals surface area contributed by atoms with E-state index in [0.717, 1.165) is 36.5 Å². The molecule has 2 aromatic carbocycles. The predicted molar refractivity (Wildman–Crippen MR) is 126 cm³/mol. The van der Waals surface area contributed by atoms with Crippen LogP contribution in [0, 0.1) is 0 Å². The second kappa shape index (κ2) is 12.2. The minimum Gasteiger partial charge on any atom is -0.497 e. The second-order valence-electron chi connectivity index (χ2n) is 8.52. The van der Waals surface area contributed by atoms with Gasteiger partial charge in [-0.2, -0.15) is 0 Å². The van der Waals surface area contributed by atoms with E-state index in [9.17, 15) is 9.59 Å². The first-order valence-corrected chi connectivity index (χ1v) is 11.5.